The molecule has 3 rings (SSSR count). The second-order valence-corrected chi connectivity index (χ2v) is 8.53. The van der Waals surface area contributed by atoms with E-state index in [9.17, 15) is 9.59 Å². The summed E-state index contributed by atoms with van der Waals surface area (Å²) >= 11 is 7.48. The van der Waals surface area contributed by atoms with E-state index < -0.39 is 5.25 Å². The lowest BCUT2D eigenvalue weighted by Gasteiger charge is -2.14. The van der Waals surface area contributed by atoms with Gasteiger partial charge in [-0.25, -0.2) is 4.99 Å². The van der Waals surface area contributed by atoms with E-state index in [0.717, 1.165) is 16.9 Å². The monoisotopic (exact) mass is 457 g/mol. The lowest BCUT2D eigenvalue weighted by Crippen LogP contribution is -2.34. The molecule has 2 amide bonds. The Balaban J connectivity index is 1.67. The van der Waals surface area contributed by atoms with Crippen LogP contribution in [0.2, 0.25) is 5.02 Å². The Morgan fingerprint density at radius 1 is 1.32 bits per heavy atom. The van der Waals surface area contributed by atoms with Gasteiger partial charge in [0, 0.05) is 24.5 Å². The first-order valence-corrected chi connectivity index (χ1v) is 11.0. The molecule has 1 aliphatic heterocycles. The number of hydrogen-bond acceptors (Lipinski definition) is 5. The minimum Gasteiger partial charge on any atom is -0.497 e. The summed E-state index contributed by atoms with van der Waals surface area (Å²) in [5.41, 5.74) is 2.48. The topological polar surface area (TPSA) is 71.0 Å². The molecule has 1 fully saturated rings. The number of carbonyl (C=O) groups excluding carboxylic acids is 2. The Morgan fingerprint density at radius 2 is 2.06 bits per heavy atom. The highest BCUT2D eigenvalue weighted by Crippen LogP contribution is 2.33. The van der Waals surface area contributed by atoms with Crippen LogP contribution in [0.3, 0.4) is 0 Å². The summed E-state index contributed by atoms with van der Waals surface area (Å²) in [5, 5.41) is 3.49. The molecule has 1 atom stereocenters. The Morgan fingerprint density at radius 3 is 2.74 bits per heavy atom. The van der Waals surface area contributed by atoms with E-state index in [4.69, 9.17) is 16.3 Å². The van der Waals surface area contributed by atoms with Gasteiger partial charge in [-0.2, -0.15) is 0 Å². The van der Waals surface area contributed by atoms with Crippen molar-refractivity contribution < 1.29 is 14.3 Å². The zero-order valence-electron chi connectivity index (χ0n) is 17.4. The van der Waals surface area contributed by atoms with Gasteiger partial charge >= 0.3 is 0 Å². The molecule has 8 heteroatoms. The minimum absolute atomic E-state index is 0.0703. The Kier molecular flexibility index (Phi) is 7.76. The molecule has 1 N–H and O–H groups in total. The van der Waals surface area contributed by atoms with E-state index in [1.807, 2.05) is 43.3 Å². The second kappa shape index (κ2) is 10.5. The average molecular weight is 458 g/mol. The molecule has 0 saturated carbocycles. The highest BCUT2D eigenvalue weighted by Gasteiger charge is 2.38. The van der Waals surface area contributed by atoms with Crippen LogP contribution in [0.5, 0.6) is 5.75 Å². The van der Waals surface area contributed by atoms with Crippen LogP contribution in [-0.2, 0) is 16.1 Å². The summed E-state index contributed by atoms with van der Waals surface area (Å²) in [6.07, 6.45) is 1.71. The number of benzene rings is 2. The van der Waals surface area contributed by atoms with Crippen LogP contribution in [0.4, 0.5) is 5.69 Å². The van der Waals surface area contributed by atoms with E-state index in [-0.39, 0.29) is 18.2 Å². The lowest BCUT2D eigenvalue weighted by molar-refractivity contribution is -0.129. The zero-order chi connectivity index (χ0) is 22.4. The molecule has 31 heavy (non-hydrogen) atoms. The molecule has 1 heterocycles. The number of nitrogens with zero attached hydrogens (tertiary/aromatic N) is 2. The van der Waals surface area contributed by atoms with E-state index >= 15 is 0 Å². The first kappa shape index (κ1) is 22.9. The number of carbonyl (C=O) groups is 2. The van der Waals surface area contributed by atoms with E-state index in [2.05, 4.69) is 16.9 Å². The number of thioether (sulfide) groups is 1. The van der Waals surface area contributed by atoms with Gasteiger partial charge in [0.2, 0.25) is 11.8 Å². The van der Waals surface area contributed by atoms with Crippen molar-refractivity contribution in [2.75, 3.05) is 13.7 Å². The van der Waals surface area contributed by atoms with Crippen LogP contribution >= 0.6 is 23.4 Å². The fourth-order valence-corrected chi connectivity index (χ4v) is 4.36. The minimum atomic E-state index is -0.533. The molecule has 162 valence electrons. The van der Waals surface area contributed by atoms with Crippen LogP contribution in [0.15, 0.2) is 60.1 Å². The summed E-state index contributed by atoms with van der Waals surface area (Å²) < 4.78 is 5.13. The SMILES string of the molecule is C=CCN1C(=O)[C@@H](CC(=O)NCc2ccc(OC)cc2)SC1=Nc1cccc(Cl)c1C. The van der Waals surface area contributed by atoms with Crippen molar-refractivity contribution in [3.8, 4) is 5.75 Å². The molecule has 6 nitrogen and oxygen atoms in total. The van der Waals surface area contributed by atoms with Gasteiger partial charge in [-0.05, 0) is 42.3 Å². The average Bonchev–Trinajstić information content (AvgIpc) is 3.05. The van der Waals surface area contributed by atoms with Crippen LogP contribution < -0.4 is 10.1 Å². The van der Waals surface area contributed by atoms with Crippen LogP contribution in [-0.4, -0.2) is 40.8 Å². The molecule has 0 unspecified atom stereocenters. The number of halogens is 1. The molecule has 0 radical (unpaired) electrons. The summed E-state index contributed by atoms with van der Waals surface area (Å²) in [7, 11) is 1.61. The Bertz CT molecular complexity index is 1010. The summed E-state index contributed by atoms with van der Waals surface area (Å²) in [6.45, 7) is 6.32. The number of aliphatic imine (C=N–C) groups is 1. The highest BCUT2D eigenvalue weighted by molar-refractivity contribution is 8.15. The molecule has 1 saturated heterocycles. The number of amidine groups is 1. The fourth-order valence-electron chi connectivity index (χ4n) is 3.03. The molecule has 0 aliphatic carbocycles. The fraction of sp³-hybridized carbons (Fsp3) is 0.261. The van der Waals surface area contributed by atoms with Crippen molar-refractivity contribution in [1.29, 1.82) is 0 Å². The molecular weight excluding hydrogens is 434 g/mol. The van der Waals surface area contributed by atoms with Crippen molar-refractivity contribution in [1.82, 2.24) is 10.2 Å². The van der Waals surface area contributed by atoms with Gasteiger partial charge in [-0.15, -0.1) is 6.58 Å². The van der Waals surface area contributed by atoms with Crippen molar-refractivity contribution in [3.63, 3.8) is 0 Å². The first-order valence-electron chi connectivity index (χ1n) is 9.75. The van der Waals surface area contributed by atoms with Crippen molar-refractivity contribution in [2.45, 2.75) is 25.1 Å². The molecule has 2 aromatic rings. The molecule has 0 aromatic heterocycles. The third kappa shape index (κ3) is 5.68. The van der Waals surface area contributed by atoms with Crippen LogP contribution in [0.25, 0.3) is 0 Å². The largest absolute Gasteiger partial charge is 0.497 e. The standard InChI is InChI=1S/C23H24ClN3O3S/c1-4-12-27-22(29)20(31-23(27)26-19-7-5-6-18(24)15(19)2)13-21(28)25-14-16-8-10-17(30-3)11-9-16/h4-11,20H,1,12-14H2,2-3H3,(H,25,28)/t20-/m1/s1. The molecular formula is C23H24ClN3O3S. The third-order valence-electron chi connectivity index (χ3n) is 4.81. The van der Waals surface area contributed by atoms with Gasteiger partial charge < -0.3 is 10.1 Å². The maximum atomic E-state index is 12.9. The van der Waals surface area contributed by atoms with Crippen LogP contribution in [0.1, 0.15) is 17.5 Å². The van der Waals surface area contributed by atoms with E-state index in [1.165, 1.54) is 11.8 Å². The number of ether oxygens (including phenoxy) is 1. The number of hydrogen-bond donors (Lipinski definition) is 1. The van der Waals surface area contributed by atoms with Gasteiger partial charge in [0.05, 0.1) is 12.8 Å². The highest BCUT2D eigenvalue weighted by atomic mass is 35.5. The number of amides is 2. The quantitative estimate of drug-likeness (QED) is 0.593. The first-order chi connectivity index (χ1) is 14.9. The van der Waals surface area contributed by atoms with Crippen molar-refractivity contribution >= 4 is 46.0 Å². The maximum absolute atomic E-state index is 12.9. The van der Waals surface area contributed by atoms with Gasteiger partial charge in [0.25, 0.3) is 0 Å². The number of rotatable bonds is 8. The molecule has 2 aromatic carbocycles. The summed E-state index contributed by atoms with van der Waals surface area (Å²) in [5.74, 6) is 0.412. The predicted molar refractivity (Wildman–Crippen MR) is 126 cm³/mol. The number of nitrogens with one attached hydrogen (secondary N) is 1. The molecule has 0 spiro atoms. The molecule has 1 aliphatic rings. The van der Waals surface area contributed by atoms with Gasteiger partial charge in [-0.3, -0.25) is 14.5 Å². The smallest absolute Gasteiger partial charge is 0.242 e. The Labute approximate surface area is 191 Å². The van der Waals surface area contributed by atoms with Gasteiger partial charge in [0.1, 0.15) is 11.0 Å². The maximum Gasteiger partial charge on any atom is 0.242 e. The summed E-state index contributed by atoms with van der Waals surface area (Å²) in [4.78, 5) is 31.6. The van der Waals surface area contributed by atoms with Crippen molar-refractivity contribution in [3.05, 3.63) is 71.3 Å². The van der Waals surface area contributed by atoms with Gasteiger partial charge in [0.15, 0.2) is 5.17 Å². The Hall–Kier alpha value is -2.77. The second-order valence-electron chi connectivity index (χ2n) is 6.95. The van der Waals surface area contributed by atoms with Gasteiger partial charge in [-0.1, -0.05) is 47.6 Å². The zero-order valence-corrected chi connectivity index (χ0v) is 19.0. The molecule has 0 bridgehead atoms. The lowest BCUT2D eigenvalue weighted by atomic mass is 10.2. The van der Waals surface area contributed by atoms with E-state index in [0.29, 0.717) is 29.0 Å². The van der Waals surface area contributed by atoms with Crippen molar-refractivity contribution in [2.24, 2.45) is 4.99 Å². The number of methoxy groups -OCH3 is 1. The third-order valence-corrected chi connectivity index (χ3v) is 6.39. The summed E-state index contributed by atoms with van der Waals surface area (Å²) in [6, 6.07) is 12.9. The van der Waals surface area contributed by atoms with E-state index in [1.54, 1.807) is 24.2 Å². The van der Waals surface area contributed by atoms with Crippen LogP contribution in [0, 0.1) is 6.92 Å². The predicted octanol–water partition coefficient (Wildman–Crippen LogP) is 4.48. The normalized spacial score (nSPS) is 17.1.